The summed E-state index contributed by atoms with van der Waals surface area (Å²) in [7, 11) is 0. The molecule has 2 atom stereocenters. The van der Waals surface area contributed by atoms with E-state index < -0.39 is 0 Å². The molecular formula is C10H16N2O. The van der Waals surface area contributed by atoms with Crippen LogP contribution in [0.2, 0.25) is 0 Å². The Balaban J connectivity index is 1.70. The molecule has 3 aliphatic rings. The zero-order chi connectivity index (χ0) is 8.67. The van der Waals surface area contributed by atoms with Crippen LogP contribution in [-0.4, -0.2) is 31.1 Å². The van der Waals surface area contributed by atoms with Crippen molar-refractivity contribution in [1.82, 2.24) is 5.32 Å². The van der Waals surface area contributed by atoms with E-state index in [4.69, 9.17) is 4.74 Å². The lowest BCUT2D eigenvalue weighted by molar-refractivity contribution is 0.145. The second-order valence-electron chi connectivity index (χ2n) is 4.31. The van der Waals surface area contributed by atoms with Gasteiger partial charge in [-0.25, -0.2) is 4.99 Å². The van der Waals surface area contributed by atoms with E-state index in [1.807, 2.05) is 0 Å². The number of ether oxygens (including phenoxy) is 1. The lowest BCUT2D eigenvalue weighted by Gasteiger charge is -2.26. The first-order valence-corrected chi connectivity index (χ1v) is 5.38. The van der Waals surface area contributed by atoms with Gasteiger partial charge in [0.1, 0.15) is 12.1 Å². The Morgan fingerprint density at radius 2 is 2.23 bits per heavy atom. The maximum Gasteiger partial charge on any atom is 0.187 e. The van der Waals surface area contributed by atoms with Crippen molar-refractivity contribution in [3.05, 3.63) is 0 Å². The summed E-state index contributed by atoms with van der Waals surface area (Å²) in [6.07, 6.45) is 5.49. The first-order chi connectivity index (χ1) is 6.43. The van der Waals surface area contributed by atoms with Gasteiger partial charge in [-0.05, 0) is 25.8 Å². The third-order valence-corrected chi connectivity index (χ3v) is 3.41. The number of rotatable bonds is 1. The van der Waals surface area contributed by atoms with Crippen LogP contribution in [0.15, 0.2) is 4.99 Å². The van der Waals surface area contributed by atoms with Crippen LogP contribution >= 0.6 is 0 Å². The molecule has 3 rings (SSSR count). The van der Waals surface area contributed by atoms with E-state index in [1.165, 1.54) is 19.3 Å². The molecule has 3 heteroatoms. The summed E-state index contributed by atoms with van der Waals surface area (Å²) in [6, 6.07) is 0.421. The molecule has 0 amide bonds. The summed E-state index contributed by atoms with van der Waals surface area (Å²) in [6.45, 7) is 2.11. The number of hydrogen-bond acceptors (Lipinski definition) is 3. The monoisotopic (exact) mass is 180 g/mol. The Morgan fingerprint density at radius 3 is 2.92 bits per heavy atom. The molecule has 0 aromatic carbocycles. The van der Waals surface area contributed by atoms with Crippen molar-refractivity contribution < 1.29 is 4.74 Å². The highest BCUT2D eigenvalue weighted by Crippen LogP contribution is 2.32. The first kappa shape index (κ1) is 7.80. The molecule has 0 aromatic rings. The Hall–Kier alpha value is -0.570. The Kier molecular flexibility index (Phi) is 1.79. The molecule has 2 fully saturated rings. The fourth-order valence-electron chi connectivity index (χ4n) is 2.29. The molecule has 1 saturated heterocycles. The highest BCUT2D eigenvalue weighted by Gasteiger charge is 2.37. The van der Waals surface area contributed by atoms with Crippen LogP contribution in [-0.2, 0) is 4.74 Å². The average molecular weight is 180 g/mol. The van der Waals surface area contributed by atoms with Gasteiger partial charge in [0, 0.05) is 12.5 Å². The van der Waals surface area contributed by atoms with Crippen LogP contribution in [0, 0.1) is 5.92 Å². The normalized spacial score (nSPS) is 38.9. The largest absolute Gasteiger partial charge is 0.475 e. The van der Waals surface area contributed by atoms with E-state index in [0.29, 0.717) is 18.1 Å². The summed E-state index contributed by atoms with van der Waals surface area (Å²) >= 11 is 0. The molecule has 0 radical (unpaired) electrons. The minimum absolute atomic E-state index is 0.400. The second kappa shape index (κ2) is 2.98. The van der Waals surface area contributed by atoms with Crippen LogP contribution in [0.4, 0.5) is 0 Å². The van der Waals surface area contributed by atoms with Crippen LogP contribution in [0.1, 0.15) is 25.7 Å². The predicted octanol–water partition coefficient (Wildman–Crippen LogP) is 0.946. The molecule has 0 spiro atoms. The highest BCUT2D eigenvalue weighted by atomic mass is 16.5. The van der Waals surface area contributed by atoms with Crippen molar-refractivity contribution in [2.75, 3.05) is 13.1 Å². The second-order valence-corrected chi connectivity index (χ2v) is 4.31. The zero-order valence-electron chi connectivity index (χ0n) is 7.83. The van der Waals surface area contributed by atoms with Gasteiger partial charge in [0.25, 0.3) is 0 Å². The van der Waals surface area contributed by atoms with Crippen molar-refractivity contribution in [2.24, 2.45) is 10.9 Å². The van der Waals surface area contributed by atoms with E-state index in [0.717, 1.165) is 25.4 Å². The van der Waals surface area contributed by atoms with Gasteiger partial charge in [-0.2, -0.15) is 0 Å². The Morgan fingerprint density at radius 1 is 1.31 bits per heavy atom. The number of nitrogens with one attached hydrogen (secondary N) is 1. The third-order valence-electron chi connectivity index (χ3n) is 3.41. The summed E-state index contributed by atoms with van der Waals surface area (Å²) in [4.78, 5) is 4.66. The maximum atomic E-state index is 5.88. The minimum Gasteiger partial charge on any atom is -0.475 e. The van der Waals surface area contributed by atoms with Crippen molar-refractivity contribution in [2.45, 2.75) is 37.8 Å². The van der Waals surface area contributed by atoms with Crippen LogP contribution < -0.4 is 5.32 Å². The quantitative estimate of drug-likeness (QED) is 0.651. The van der Waals surface area contributed by atoms with Crippen molar-refractivity contribution >= 4 is 5.90 Å². The van der Waals surface area contributed by atoms with E-state index in [1.54, 1.807) is 0 Å². The van der Waals surface area contributed by atoms with E-state index in [2.05, 4.69) is 10.3 Å². The highest BCUT2D eigenvalue weighted by molar-refractivity contribution is 5.81. The number of aliphatic imine (C=N–C) groups is 1. The topological polar surface area (TPSA) is 33.6 Å². The van der Waals surface area contributed by atoms with Gasteiger partial charge >= 0.3 is 0 Å². The van der Waals surface area contributed by atoms with Gasteiger partial charge < -0.3 is 10.1 Å². The smallest absolute Gasteiger partial charge is 0.187 e. The fourth-order valence-corrected chi connectivity index (χ4v) is 2.29. The fraction of sp³-hybridized carbons (Fsp3) is 0.900. The van der Waals surface area contributed by atoms with E-state index in [9.17, 15) is 0 Å². The molecule has 0 aromatic heterocycles. The SMILES string of the molecule is C1CC(C2=NC3CNCCC3O2)C1. The van der Waals surface area contributed by atoms with Gasteiger partial charge in [0.15, 0.2) is 5.90 Å². The maximum absolute atomic E-state index is 5.88. The molecule has 2 unspecified atom stereocenters. The molecule has 72 valence electrons. The third kappa shape index (κ3) is 1.26. The molecule has 0 bridgehead atoms. The number of fused-ring (bicyclic) bond motifs is 1. The van der Waals surface area contributed by atoms with Gasteiger partial charge in [-0.3, -0.25) is 0 Å². The molecule has 1 saturated carbocycles. The van der Waals surface area contributed by atoms with E-state index >= 15 is 0 Å². The van der Waals surface area contributed by atoms with Gasteiger partial charge in [-0.1, -0.05) is 6.42 Å². The summed E-state index contributed by atoms with van der Waals surface area (Å²) < 4.78 is 5.88. The lowest BCUT2D eigenvalue weighted by atomic mass is 9.85. The van der Waals surface area contributed by atoms with Crippen LogP contribution in [0.3, 0.4) is 0 Å². The van der Waals surface area contributed by atoms with Crippen LogP contribution in [0.5, 0.6) is 0 Å². The average Bonchev–Trinajstić information content (AvgIpc) is 2.43. The van der Waals surface area contributed by atoms with Crippen LogP contribution in [0.25, 0.3) is 0 Å². The van der Waals surface area contributed by atoms with Crippen molar-refractivity contribution in [3.63, 3.8) is 0 Å². The molecular weight excluding hydrogens is 164 g/mol. The van der Waals surface area contributed by atoms with E-state index in [-0.39, 0.29) is 0 Å². The molecule has 13 heavy (non-hydrogen) atoms. The first-order valence-electron chi connectivity index (χ1n) is 5.38. The Bertz CT molecular complexity index is 235. The molecule has 1 aliphatic carbocycles. The standard InChI is InChI=1S/C10H16N2O/c1-2-7(3-1)10-12-8-6-11-5-4-9(8)13-10/h7-9,11H,1-6H2. The van der Waals surface area contributed by atoms with Crippen molar-refractivity contribution in [3.8, 4) is 0 Å². The molecule has 3 nitrogen and oxygen atoms in total. The number of hydrogen-bond donors (Lipinski definition) is 1. The molecule has 2 heterocycles. The summed E-state index contributed by atoms with van der Waals surface area (Å²) in [5.74, 6) is 1.75. The summed E-state index contributed by atoms with van der Waals surface area (Å²) in [5, 5.41) is 3.36. The molecule has 1 N–H and O–H groups in total. The summed E-state index contributed by atoms with van der Waals surface area (Å²) in [5.41, 5.74) is 0. The van der Waals surface area contributed by atoms with Gasteiger partial charge in [0.05, 0.1) is 0 Å². The Labute approximate surface area is 78.6 Å². The molecule has 2 aliphatic heterocycles. The predicted molar refractivity (Wildman–Crippen MR) is 50.9 cm³/mol. The minimum atomic E-state index is 0.400. The lowest BCUT2D eigenvalue weighted by Crippen LogP contribution is -2.41. The van der Waals surface area contributed by atoms with Crippen molar-refractivity contribution in [1.29, 1.82) is 0 Å². The van der Waals surface area contributed by atoms with Gasteiger partial charge in [-0.15, -0.1) is 0 Å². The number of nitrogens with zero attached hydrogens (tertiary/aromatic N) is 1. The van der Waals surface area contributed by atoms with Gasteiger partial charge in [0.2, 0.25) is 0 Å². The zero-order valence-corrected chi connectivity index (χ0v) is 7.83. The number of piperidine rings is 1.